The summed E-state index contributed by atoms with van der Waals surface area (Å²) < 4.78 is 13.5. The van der Waals surface area contributed by atoms with Crippen molar-refractivity contribution < 1.29 is 18.8 Å². The molecule has 1 unspecified atom stereocenters. The van der Waals surface area contributed by atoms with Crippen molar-refractivity contribution in [3.05, 3.63) is 90.2 Å². The Morgan fingerprint density at radius 3 is 2.35 bits per heavy atom. The quantitative estimate of drug-likeness (QED) is 0.462. The van der Waals surface area contributed by atoms with Gasteiger partial charge in [0.25, 0.3) is 5.91 Å². The number of nitrogens with one attached hydrogen (secondary N) is 2. The fourth-order valence-electron chi connectivity index (χ4n) is 4.25. The number of anilines is 1. The Morgan fingerprint density at radius 1 is 0.971 bits per heavy atom. The zero-order chi connectivity index (χ0) is 24.1. The van der Waals surface area contributed by atoms with E-state index in [1.807, 2.05) is 49.4 Å². The molecule has 2 N–H and O–H groups in total. The average molecular weight is 460 g/mol. The number of hydrogen-bond donors (Lipinski definition) is 2. The van der Waals surface area contributed by atoms with Crippen molar-refractivity contribution in [3.63, 3.8) is 0 Å². The second-order valence-electron chi connectivity index (χ2n) is 8.30. The number of carbonyl (C=O) groups excluding carboxylic acids is 3. The molecule has 174 valence electrons. The van der Waals surface area contributed by atoms with Crippen LogP contribution in [0.15, 0.2) is 78.9 Å². The Bertz CT molecular complexity index is 1200. The number of carbonyl (C=O) groups is 3. The summed E-state index contributed by atoms with van der Waals surface area (Å²) in [5, 5.41) is 5.61. The first kappa shape index (κ1) is 23.2. The number of urea groups is 1. The molecular weight excluding hydrogens is 433 g/mol. The number of benzene rings is 3. The number of para-hydroxylation sites is 1. The first-order valence-electron chi connectivity index (χ1n) is 11.3. The van der Waals surface area contributed by atoms with Gasteiger partial charge in [0, 0.05) is 11.3 Å². The molecule has 4 amide bonds. The minimum absolute atomic E-state index is 0.356. The van der Waals surface area contributed by atoms with Crippen LogP contribution in [0.2, 0.25) is 0 Å². The Labute approximate surface area is 197 Å². The smallest absolute Gasteiger partial charge is 0.324 e. The molecule has 1 aliphatic heterocycles. The molecule has 0 bridgehead atoms. The minimum atomic E-state index is -1.32. The summed E-state index contributed by atoms with van der Waals surface area (Å²) in [6.45, 7) is 1.55. The summed E-state index contributed by atoms with van der Waals surface area (Å²) in [5.74, 6) is -1.43. The zero-order valence-electron chi connectivity index (χ0n) is 18.9. The largest absolute Gasteiger partial charge is 0.325 e. The molecule has 0 spiro atoms. The SMILES string of the molecule is CCCCC1(c2ccc(F)cc2)NC(=O)N(CC(=O)Nc2ccccc2-c2ccccc2)C1=O. The van der Waals surface area contributed by atoms with Gasteiger partial charge in [-0.25, -0.2) is 9.18 Å². The second kappa shape index (κ2) is 9.87. The van der Waals surface area contributed by atoms with Gasteiger partial charge in [0.2, 0.25) is 5.91 Å². The molecule has 0 saturated carbocycles. The van der Waals surface area contributed by atoms with Crippen molar-refractivity contribution in [2.45, 2.75) is 31.7 Å². The summed E-state index contributed by atoms with van der Waals surface area (Å²) in [5.41, 5.74) is 1.53. The fraction of sp³-hybridized carbons (Fsp3) is 0.222. The molecule has 6 nitrogen and oxygen atoms in total. The lowest BCUT2D eigenvalue weighted by atomic mass is 9.85. The Kier molecular flexibility index (Phi) is 6.72. The lowest BCUT2D eigenvalue weighted by Gasteiger charge is -2.27. The minimum Gasteiger partial charge on any atom is -0.324 e. The van der Waals surface area contributed by atoms with E-state index in [0.29, 0.717) is 24.1 Å². The van der Waals surface area contributed by atoms with Crippen LogP contribution in [-0.2, 0) is 15.1 Å². The highest BCUT2D eigenvalue weighted by Crippen LogP contribution is 2.34. The Morgan fingerprint density at radius 2 is 1.65 bits per heavy atom. The molecule has 0 aliphatic carbocycles. The maximum absolute atomic E-state index is 13.5. The van der Waals surface area contributed by atoms with Crippen LogP contribution in [0.4, 0.5) is 14.9 Å². The normalized spacial score (nSPS) is 17.5. The summed E-state index contributed by atoms with van der Waals surface area (Å²) in [7, 11) is 0. The molecule has 1 aliphatic rings. The molecule has 4 rings (SSSR count). The van der Waals surface area contributed by atoms with Crippen LogP contribution in [0, 0.1) is 5.82 Å². The number of rotatable bonds is 8. The van der Waals surface area contributed by atoms with E-state index >= 15 is 0 Å². The first-order valence-corrected chi connectivity index (χ1v) is 11.3. The molecule has 3 aromatic rings. The summed E-state index contributed by atoms with van der Waals surface area (Å²) in [6.07, 6.45) is 1.84. The van der Waals surface area contributed by atoms with Crippen molar-refractivity contribution in [3.8, 4) is 11.1 Å². The van der Waals surface area contributed by atoms with Crippen LogP contribution in [0.5, 0.6) is 0 Å². The molecule has 1 fully saturated rings. The van der Waals surface area contributed by atoms with Gasteiger partial charge in [-0.15, -0.1) is 0 Å². The van der Waals surface area contributed by atoms with Gasteiger partial charge < -0.3 is 10.6 Å². The highest BCUT2D eigenvalue weighted by molar-refractivity contribution is 6.10. The number of amides is 4. The molecule has 1 saturated heterocycles. The number of hydrogen-bond acceptors (Lipinski definition) is 3. The van der Waals surface area contributed by atoms with Crippen LogP contribution in [0.25, 0.3) is 11.1 Å². The first-order chi connectivity index (χ1) is 16.4. The van der Waals surface area contributed by atoms with Crippen LogP contribution in [-0.4, -0.2) is 29.3 Å². The third-order valence-electron chi connectivity index (χ3n) is 6.01. The standard InChI is InChI=1S/C27H26FN3O3/c1-2-3-17-27(20-13-15-21(28)16-14-20)25(33)31(26(34)30-27)18-24(32)29-23-12-8-7-11-22(23)19-9-5-4-6-10-19/h4-16H,2-3,17-18H2,1H3,(H,29,32)(H,30,34). The van der Waals surface area contributed by atoms with E-state index in [9.17, 15) is 18.8 Å². The van der Waals surface area contributed by atoms with Crippen molar-refractivity contribution in [1.29, 1.82) is 0 Å². The van der Waals surface area contributed by atoms with Crippen LogP contribution in [0.1, 0.15) is 31.7 Å². The molecule has 34 heavy (non-hydrogen) atoms. The third kappa shape index (κ3) is 4.55. The van der Waals surface area contributed by atoms with Gasteiger partial charge in [-0.05, 0) is 35.7 Å². The molecule has 0 radical (unpaired) electrons. The third-order valence-corrected chi connectivity index (χ3v) is 6.01. The Hall–Kier alpha value is -4.00. The molecule has 7 heteroatoms. The highest BCUT2D eigenvalue weighted by atomic mass is 19.1. The molecule has 3 aromatic carbocycles. The van der Waals surface area contributed by atoms with Gasteiger partial charge in [-0.2, -0.15) is 0 Å². The van der Waals surface area contributed by atoms with Gasteiger partial charge in [0.1, 0.15) is 17.9 Å². The molecular formula is C27H26FN3O3. The van der Waals surface area contributed by atoms with Crippen molar-refractivity contribution in [2.75, 3.05) is 11.9 Å². The average Bonchev–Trinajstić information content (AvgIpc) is 3.09. The molecule has 1 atom stereocenters. The van der Waals surface area contributed by atoms with Crippen molar-refractivity contribution in [1.82, 2.24) is 10.2 Å². The summed E-state index contributed by atoms with van der Waals surface area (Å²) >= 11 is 0. The van der Waals surface area contributed by atoms with E-state index in [-0.39, 0.29) is 0 Å². The van der Waals surface area contributed by atoms with Crippen molar-refractivity contribution in [2.24, 2.45) is 0 Å². The predicted octanol–water partition coefficient (Wildman–Crippen LogP) is 5.07. The van der Waals surface area contributed by atoms with E-state index in [4.69, 9.17) is 0 Å². The number of nitrogens with zero attached hydrogens (tertiary/aromatic N) is 1. The second-order valence-corrected chi connectivity index (χ2v) is 8.30. The lowest BCUT2D eigenvalue weighted by Crippen LogP contribution is -2.44. The summed E-state index contributed by atoms with van der Waals surface area (Å²) in [6, 6.07) is 21.8. The monoisotopic (exact) mass is 459 g/mol. The summed E-state index contributed by atoms with van der Waals surface area (Å²) in [4.78, 5) is 40.1. The topological polar surface area (TPSA) is 78.5 Å². The fourth-order valence-corrected chi connectivity index (χ4v) is 4.25. The van der Waals surface area contributed by atoms with Crippen LogP contribution >= 0.6 is 0 Å². The number of imide groups is 1. The van der Waals surface area contributed by atoms with Gasteiger partial charge in [0.05, 0.1) is 0 Å². The van der Waals surface area contributed by atoms with E-state index < -0.39 is 35.7 Å². The van der Waals surface area contributed by atoms with Gasteiger partial charge in [-0.1, -0.05) is 80.4 Å². The van der Waals surface area contributed by atoms with E-state index in [0.717, 1.165) is 22.4 Å². The Balaban J connectivity index is 1.55. The molecule has 1 heterocycles. The van der Waals surface area contributed by atoms with Gasteiger partial charge >= 0.3 is 6.03 Å². The van der Waals surface area contributed by atoms with E-state index in [1.165, 1.54) is 24.3 Å². The van der Waals surface area contributed by atoms with E-state index in [1.54, 1.807) is 12.1 Å². The number of halogens is 1. The van der Waals surface area contributed by atoms with Crippen LogP contribution in [0.3, 0.4) is 0 Å². The van der Waals surface area contributed by atoms with E-state index in [2.05, 4.69) is 10.6 Å². The maximum Gasteiger partial charge on any atom is 0.325 e. The molecule has 0 aromatic heterocycles. The highest BCUT2D eigenvalue weighted by Gasteiger charge is 2.52. The number of unbranched alkanes of at least 4 members (excludes halogenated alkanes) is 1. The van der Waals surface area contributed by atoms with Crippen molar-refractivity contribution >= 4 is 23.5 Å². The zero-order valence-corrected chi connectivity index (χ0v) is 18.9. The predicted molar refractivity (Wildman–Crippen MR) is 128 cm³/mol. The van der Waals surface area contributed by atoms with Gasteiger partial charge in [0.15, 0.2) is 0 Å². The van der Waals surface area contributed by atoms with Gasteiger partial charge in [-0.3, -0.25) is 14.5 Å². The van der Waals surface area contributed by atoms with Crippen LogP contribution < -0.4 is 10.6 Å². The maximum atomic E-state index is 13.5. The lowest BCUT2D eigenvalue weighted by molar-refractivity contribution is -0.134.